The average Bonchev–Trinajstić information content (AvgIpc) is 2.40. The van der Waals surface area contributed by atoms with Crippen molar-refractivity contribution in [1.29, 1.82) is 0 Å². The maximum absolute atomic E-state index is 11.5. The largest absolute Gasteiger partial charge is 0.469 e. The molecule has 1 aliphatic carbocycles. The van der Waals surface area contributed by atoms with Gasteiger partial charge in [0.2, 0.25) is 0 Å². The number of aryl methyl sites for hydroxylation is 1. The lowest BCUT2D eigenvalue weighted by molar-refractivity contribution is -0.139. The second-order valence-electron chi connectivity index (χ2n) is 8.87. The van der Waals surface area contributed by atoms with Gasteiger partial charge >= 0.3 is 5.97 Å². The minimum Gasteiger partial charge on any atom is -0.469 e. The van der Waals surface area contributed by atoms with Gasteiger partial charge in [-0.3, -0.25) is 4.79 Å². The fourth-order valence-corrected chi connectivity index (χ4v) is 4.48. The van der Waals surface area contributed by atoms with Crippen molar-refractivity contribution in [3.63, 3.8) is 0 Å². The van der Waals surface area contributed by atoms with E-state index in [4.69, 9.17) is 10.5 Å². The van der Waals surface area contributed by atoms with Gasteiger partial charge in [-0.25, -0.2) is 0 Å². The number of hydrogen-bond acceptors (Lipinski definition) is 4. The molecule has 0 atom stereocenters. The molecule has 1 aromatic carbocycles. The van der Waals surface area contributed by atoms with Crippen molar-refractivity contribution in [3.8, 4) is 0 Å². The third-order valence-corrected chi connectivity index (χ3v) is 4.99. The van der Waals surface area contributed by atoms with Gasteiger partial charge in [-0.1, -0.05) is 27.7 Å². The summed E-state index contributed by atoms with van der Waals surface area (Å²) in [5.41, 5.74) is 10.6. The van der Waals surface area contributed by atoms with Crippen LogP contribution < -0.4 is 11.1 Å². The normalized spacial score (nSPS) is 19.8. The van der Waals surface area contributed by atoms with Gasteiger partial charge in [0.15, 0.2) is 0 Å². The lowest BCUT2D eigenvalue weighted by Crippen LogP contribution is -2.40. The fourth-order valence-electron chi connectivity index (χ4n) is 4.48. The Kier molecular flexibility index (Phi) is 5.17. The van der Waals surface area contributed by atoms with Crippen LogP contribution in [0.25, 0.3) is 0 Å². The number of nitrogens with one attached hydrogen (secondary N) is 1. The summed E-state index contributed by atoms with van der Waals surface area (Å²) in [6.07, 6.45) is 3.78. The van der Waals surface area contributed by atoms with Crippen LogP contribution in [-0.2, 0) is 16.0 Å². The summed E-state index contributed by atoms with van der Waals surface area (Å²) in [6, 6.07) is 4.37. The van der Waals surface area contributed by atoms with E-state index in [0.29, 0.717) is 22.6 Å². The summed E-state index contributed by atoms with van der Waals surface area (Å²) >= 11 is 0. The molecule has 3 N–H and O–H groups in total. The second kappa shape index (κ2) is 6.66. The van der Waals surface area contributed by atoms with E-state index in [0.717, 1.165) is 29.7 Å². The standard InChI is InChI=1S/C20H32N2O2/c1-13-7-17(16(21)8-14(13)9-18(23)24-6)22-15-10-19(2,3)12-20(4,5)11-15/h7-8,15,22H,9-12,21H2,1-6H3. The molecule has 0 heterocycles. The predicted molar refractivity (Wildman–Crippen MR) is 100 cm³/mol. The lowest BCUT2D eigenvalue weighted by atomic mass is 9.63. The minimum atomic E-state index is -0.242. The second-order valence-corrected chi connectivity index (χ2v) is 8.87. The van der Waals surface area contributed by atoms with Gasteiger partial charge in [0.25, 0.3) is 0 Å². The smallest absolute Gasteiger partial charge is 0.309 e. The highest BCUT2D eigenvalue weighted by atomic mass is 16.5. The van der Waals surface area contributed by atoms with E-state index in [1.165, 1.54) is 13.5 Å². The average molecular weight is 332 g/mol. The third-order valence-electron chi connectivity index (χ3n) is 4.99. The highest BCUT2D eigenvalue weighted by molar-refractivity contribution is 5.76. The summed E-state index contributed by atoms with van der Waals surface area (Å²) in [5.74, 6) is -0.242. The monoisotopic (exact) mass is 332 g/mol. The van der Waals surface area contributed by atoms with Crippen LogP contribution in [0.3, 0.4) is 0 Å². The Morgan fingerprint density at radius 3 is 2.38 bits per heavy atom. The maximum atomic E-state index is 11.5. The first kappa shape index (κ1) is 18.6. The Balaban J connectivity index is 2.18. The minimum absolute atomic E-state index is 0.242. The molecule has 4 nitrogen and oxygen atoms in total. The first-order valence-corrected chi connectivity index (χ1v) is 8.74. The quantitative estimate of drug-likeness (QED) is 0.637. The number of carbonyl (C=O) groups is 1. The first-order valence-electron chi connectivity index (χ1n) is 8.74. The van der Waals surface area contributed by atoms with E-state index < -0.39 is 0 Å². The Morgan fingerprint density at radius 2 is 1.83 bits per heavy atom. The molecule has 0 spiro atoms. The number of rotatable bonds is 4. The zero-order chi connectivity index (χ0) is 18.1. The molecule has 0 amide bonds. The number of carbonyl (C=O) groups excluding carboxylic acids is 1. The topological polar surface area (TPSA) is 64.3 Å². The molecular weight excluding hydrogens is 300 g/mol. The molecule has 0 aliphatic heterocycles. The highest BCUT2D eigenvalue weighted by Gasteiger charge is 2.38. The summed E-state index contributed by atoms with van der Waals surface area (Å²) < 4.78 is 4.75. The molecule has 4 heteroatoms. The van der Waals surface area contributed by atoms with Crippen molar-refractivity contribution in [2.75, 3.05) is 18.2 Å². The molecule has 0 radical (unpaired) electrons. The molecule has 24 heavy (non-hydrogen) atoms. The van der Waals surface area contributed by atoms with E-state index >= 15 is 0 Å². The summed E-state index contributed by atoms with van der Waals surface area (Å²) in [7, 11) is 1.41. The van der Waals surface area contributed by atoms with E-state index in [1.807, 2.05) is 13.0 Å². The van der Waals surface area contributed by atoms with Gasteiger partial charge in [0.05, 0.1) is 24.9 Å². The third kappa shape index (κ3) is 4.65. The van der Waals surface area contributed by atoms with Crippen LogP contribution in [0.4, 0.5) is 11.4 Å². The van der Waals surface area contributed by atoms with Crippen LogP contribution in [-0.4, -0.2) is 19.1 Å². The number of anilines is 2. The molecule has 1 aromatic rings. The molecule has 0 aromatic heterocycles. The zero-order valence-electron chi connectivity index (χ0n) is 16.0. The van der Waals surface area contributed by atoms with Crippen LogP contribution in [0, 0.1) is 17.8 Å². The number of benzene rings is 1. The molecule has 2 rings (SSSR count). The molecule has 0 saturated heterocycles. The van der Waals surface area contributed by atoms with Crippen molar-refractivity contribution in [3.05, 3.63) is 23.3 Å². The molecule has 1 aliphatic rings. The first-order chi connectivity index (χ1) is 11.0. The van der Waals surface area contributed by atoms with Crippen LogP contribution in [0.15, 0.2) is 12.1 Å². The number of methoxy groups -OCH3 is 1. The van der Waals surface area contributed by atoms with Gasteiger partial charge in [0, 0.05) is 6.04 Å². The van der Waals surface area contributed by atoms with Crippen LogP contribution >= 0.6 is 0 Å². The fraction of sp³-hybridized carbons (Fsp3) is 0.650. The Labute approximate surface area is 146 Å². The Hall–Kier alpha value is -1.71. The molecular formula is C20H32N2O2. The maximum Gasteiger partial charge on any atom is 0.309 e. The van der Waals surface area contributed by atoms with Crippen molar-refractivity contribution in [1.82, 2.24) is 0 Å². The van der Waals surface area contributed by atoms with Gasteiger partial charge in [0.1, 0.15) is 0 Å². The van der Waals surface area contributed by atoms with Crippen molar-refractivity contribution in [2.45, 2.75) is 66.3 Å². The molecule has 1 fully saturated rings. The number of hydrogen-bond donors (Lipinski definition) is 2. The zero-order valence-corrected chi connectivity index (χ0v) is 16.0. The molecule has 1 saturated carbocycles. The van der Waals surface area contributed by atoms with E-state index in [1.54, 1.807) is 0 Å². The number of ether oxygens (including phenoxy) is 1. The van der Waals surface area contributed by atoms with E-state index in [2.05, 4.69) is 39.1 Å². The van der Waals surface area contributed by atoms with Crippen LogP contribution in [0.1, 0.15) is 58.1 Å². The number of nitrogens with two attached hydrogens (primary N) is 1. The Bertz CT molecular complexity index is 604. The van der Waals surface area contributed by atoms with Gasteiger partial charge in [-0.15, -0.1) is 0 Å². The summed E-state index contributed by atoms with van der Waals surface area (Å²) in [6.45, 7) is 11.4. The van der Waals surface area contributed by atoms with Gasteiger partial charge in [-0.2, -0.15) is 0 Å². The van der Waals surface area contributed by atoms with Crippen LogP contribution in [0.5, 0.6) is 0 Å². The highest BCUT2D eigenvalue weighted by Crippen LogP contribution is 2.46. The SMILES string of the molecule is COC(=O)Cc1cc(N)c(NC2CC(C)(C)CC(C)(C)C2)cc1C. The summed E-state index contributed by atoms with van der Waals surface area (Å²) in [4.78, 5) is 11.5. The van der Waals surface area contributed by atoms with Gasteiger partial charge in [-0.05, 0) is 60.3 Å². The molecule has 134 valence electrons. The van der Waals surface area contributed by atoms with Crippen LogP contribution in [0.2, 0.25) is 0 Å². The van der Waals surface area contributed by atoms with E-state index in [9.17, 15) is 4.79 Å². The van der Waals surface area contributed by atoms with Crippen molar-refractivity contribution < 1.29 is 9.53 Å². The van der Waals surface area contributed by atoms with Gasteiger partial charge < -0.3 is 15.8 Å². The van der Waals surface area contributed by atoms with Crippen molar-refractivity contribution >= 4 is 17.3 Å². The number of esters is 1. The van der Waals surface area contributed by atoms with E-state index in [-0.39, 0.29) is 12.4 Å². The van der Waals surface area contributed by atoms with Crippen molar-refractivity contribution in [2.24, 2.45) is 10.8 Å². The lowest BCUT2D eigenvalue weighted by Gasteiger charge is -2.45. The predicted octanol–water partition coefficient (Wildman–Crippen LogP) is 4.31. The Morgan fingerprint density at radius 1 is 1.25 bits per heavy atom. The summed E-state index contributed by atoms with van der Waals surface area (Å²) in [5, 5.41) is 3.65. The number of nitrogen functional groups attached to an aromatic ring is 1. The molecule has 0 bridgehead atoms. The molecule has 0 unspecified atom stereocenters.